The Morgan fingerprint density at radius 1 is 1.35 bits per heavy atom. The molecule has 3 aliphatic rings. The second-order valence-electron chi connectivity index (χ2n) is 9.23. The number of aliphatic hydroxyl groups excluding tert-OH is 1. The highest BCUT2D eigenvalue weighted by atomic mass is 32.2. The van der Waals surface area contributed by atoms with Crippen molar-refractivity contribution >= 4 is 28.6 Å². The molecule has 2 saturated heterocycles. The zero-order valence-corrected chi connectivity index (χ0v) is 19.9. The molecule has 0 aliphatic carbocycles. The summed E-state index contributed by atoms with van der Waals surface area (Å²) in [5, 5.41) is 21.2. The van der Waals surface area contributed by atoms with Crippen LogP contribution in [0.4, 0.5) is 8.78 Å². The van der Waals surface area contributed by atoms with Crippen molar-refractivity contribution in [2.45, 2.75) is 44.0 Å². The zero-order chi connectivity index (χ0) is 24.2. The van der Waals surface area contributed by atoms with Crippen LogP contribution in [0.5, 0.6) is 0 Å². The summed E-state index contributed by atoms with van der Waals surface area (Å²) in [6, 6.07) is 2.28. The molecule has 0 saturated carbocycles. The molecule has 3 aliphatic heterocycles. The minimum Gasteiger partial charge on any atom is -0.389 e. The van der Waals surface area contributed by atoms with E-state index < -0.39 is 29.7 Å². The molecule has 2 fully saturated rings. The number of carbonyl (C=O) groups excluding carboxylic acids is 2. The fraction of sp³-hybridized carbons (Fsp3) is 0.609. The van der Waals surface area contributed by atoms with Crippen LogP contribution in [0.25, 0.3) is 0 Å². The van der Waals surface area contributed by atoms with Crippen LogP contribution in [0, 0.1) is 17.6 Å². The quantitative estimate of drug-likeness (QED) is 0.413. The van der Waals surface area contributed by atoms with Gasteiger partial charge in [-0.25, -0.2) is 8.78 Å². The van der Waals surface area contributed by atoms with Crippen LogP contribution in [0.1, 0.15) is 18.9 Å². The maximum absolute atomic E-state index is 13.8. The van der Waals surface area contributed by atoms with Crippen molar-refractivity contribution in [1.29, 1.82) is 0 Å². The fourth-order valence-corrected chi connectivity index (χ4v) is 5.63. The lowest BCUT2D eigenvalue weighted by molar-refractivity contribution is -0.128. The second kappa shape index (κ2) is 11.1. The number of rotatable bonds is 8. The Bertz CT molecular complexity index is 929. The van der Waals surface area contributed by atoms with Crippen molar-refractivity contribution in [1.82, 2.24) is 20.9 Å². The molecule has 5 atom stereocenters. The first kappa shape index (κ1) is 25.0. The summed E-state index contributed by atoms with van der Waals surface area (Å²) in [6.45, 7) is 5.07. The average molecular weight is 496 g/mol. The number of nitrogens with one attached hydrogen (secondary N) is 3. The third-order valence-electron chi connectivity index (χ3n) is 6.49. The van der Waals surface area contributed by atoms with Gasteiger partial charge in [0.05, 0.1) is 29.1 Å². The minimum absolute atomic E-state index is 0.0522. The Hall–Kier alpha value is -2.08. The van der Waals surface area contributed by atoms with Gasteiger partial charge in [0.25, 0.3) is 0 Å². The van der Waals surface area contributed by atoms with Gasteiger partial charge in [0, 0.05) is 57.0 Å². The minimum atomic E-state index is -1.01. The number of amides is 2. The van der Waals surface area contributed by atoms with Crippen LogP contribution in [-0.4, -0.2) is 89.6 Å². The molecular formula is C23H31F2N5O3S. The molecule has 2 amide bonds. The highest BCUT2D eigenvalue weighted by Crippen LogP contribution is 2.20. The van der Waals surface area contributed by atoms with Gasteiger partial charge in [-0.1, -0.05) is 0 Å². The van der Waals surface area contributed by atoms with E-state index in [0.717, 1.165) is 30.0 Å². The molecule has 1 aromatic carbocycles. The molecule has 0 radical (unpaired) electrons. The molecule has 0 bridgehead atoms. The Labute approximate surface area is 201 Å². The summed E-state index contributed by atoms with van der Waals surface area (Å²) in [4.78, 5) is 31.3. The number of halogens is 2. The fourth-order valence-electron chi connectivity index (χ4n) is 4.79. The van der Waals surface area contributed by atoms with Gasteiger partial charge in [0.1, 0.15) is 11.6 Å². The first-order valence-corrected chi connectivity index (χ1v) is 12.6. The van der Waals surface area contributed by atoms with Gasteiger partial charge >= 0.3 is 0 Å². The van der Waals surface area contributed by atoms with Crippen molar-refractivity contribution in [3.05, 3.63) is 35.4 Å². The molecule has 1 aromatic rings. The topological polar surface area (TPSA) is 106 Å². The Balaban J connectivity index is 1.45. The van der Waals surface area contributed by atoms with Gasteiger partial charge in [-0.3, -0.25) is 19.5 Å². The van der Waals surface area contributed by atoms with Crippen LogP contribution < -0.4 is 16.0 Å². The van der Waals surface area contributed by atoms with Gasteiger partial charge in [-0.05, 0) is 31.0 Å². The predicted molar refractivity (Wildman–Crippen MR) is 127 cm³/mol. The molecule has 4 N–H and O–H groups in total. The van der Waals surface area contributed by atoms with E-state index in [-0.39, 0.29) is 43.3 Å². The summed E-state index contributed by atoms with van der Waals surface area (Å²) in [5.74, 6) is -1.58. The molecule has 0 spiro atoms. The number of carbonyl (C=O) groups is 2. The standard InChI is InChI=1S/C23H31F2N5O3S/c1-13-28-18(12-34-13)10-30-3-2-26-20(11-30)22(32)19(6-14-4-16(24)8-17(25)5-14)29-23(33)15-7-21(31)27-9-15/h4-5,8,15,18-20,22,26,32H,2-3,6-7,9-12H2,1H3,(H,27,31)(H,29,33)/t15?,18?,19-,20+,22-/m0/s1. The summed E-state index contributed by atoms with van der Waals surface area (Å²) < 4.78 is 27.6. The lowest BCUT2D eigenvalue weighted by Gasteiger charge is -2.39. The summed E-state index contributed by atoms with van der Waals surface area (Å²) in [6.07, 6.45) is -0.874. The molecule has 8 nitrogen and oxygen atoms in total. The molecule has 4 rings (SSSR count). The largest absolute Gasteiger partial charge is 0.389 e. The zero-order valence-electron chi connectivity index (χ0n) is 19.1. The maximum Gasteiger partial charge on any atom is 0.225 e. The lowest BCUT2D eigenvalue weighted by Crippen LogP contribution is -2.62. The van der Waals surface area contributed by atoms with Gasteiger partial charge in [-0.15, -0.1) is 11.8 Å². The number of benzene rings is 1. The van der Waals surface area contributed by atoms with E-state index in [2.05, 4.69) is 25.8 Å². The van der Waals surface area contributed by atoms with Crippen molar-refractivity contribution in [2.24, 2.45) is 10.9 Å². The molecule has 11 heteroatoms. The molecular weight excluding hydrogens is 464 g/mol. The molecule has 34 heavy (non-hydrogen) atoms. The van der Waals surface area contributed by atoms with E-state index in [0.29, 0.717) is 18.7 Å². The lowest BCUT2D eigenvalue weighted by atomic mass is 9.94. The number of aliphatic hydroxyl groups is 1. The SMILES string of the molecule is CC1=NC(CN2CCN[C@@H]([C@@H](O)[C@H](Cc3cc(F)cc(F)c3)NC(=O)C3CNC(=O)C3)C2)CS1. The normalized spacial score (nSPS) is 27.2. The van der Waals surface area contributed by atoms with E-state index in [4.69, 9.17) is 0 Å². The molecule has 3 heterocycles. The summed E-state index contributed by atoms with van der Waals surface area (Å²) in [7, 11) is 0. The second-order valence-corrected chi connectivity index (χ2v) is 10.4. The number of hydrogen-bond acceptors (Lipinski definition) is 7. The van der Waals surface area contributed by atoms with Crippen LogP contribution in [0.3, 0.4) is 0 Å². The predicted octanol–water partition coefficient (Wildman–Crippen LogP) is 0.297. The van der Waals surface area contributed by atoms with Gasteiger partial charge < -0.3 is 21.1 Å². The van der Waals surface area contributed by atoms with E-state index >= 15 is 0 Å². The average Bonchev–Trinajstić information content (AvgIpc) is 3.40. The number of thioether (sulfide) groups is 1. The van der Waals surface area contributed by atoms with E-state index in [1.807, 2.05) is 6.92 Å². The van der Waals surface area contributed by atoms with E-state index in [1.54, 1.807) is 11.8 Å². The van der Waals surface area contributed by atoms with Crippen molar-refractivity contribution in [2.75, 3.05) is 38.5 Å². The van der Waals surface area contributed by atoms with Gasteiger partial charge in [-0.2, -0.15) is 0 Å². The highest BCUT2D eigenvalue weighted by Gasteiger charge is 2.36. The Kier molecular flexibility index (Phi) is 8.18. The van der Waals surface area contributed by atoms with Crippen LogP contribution >= 0.6 is 11.8 Å². The third kappa shape index (κ3) is 6.53. The molecule has 186 valence electrons. The third-order valence-corrected chi connectivity index (χ3v) is 7.56. The molecule has 0 aromatic heterocycles. The number of nitrogens with zero attached hydrogens (tertiary/aromatic N) is 2. The monoisotopic (exact) mass is 495 g/mol. The maximum atomic E-state index is 13.8. The van der Waals surface area contributed by atoms with E-state index in [9.17, 15) is 23.5 Å². The first-order valence-electron chi connectivity index (χ1n) is 11.6. The van der Waals surface area contributed by atoms with Crippen molar-refractivity contribution in [3.8, 4) is 0 Å². The Morgan fingerprint density at radius 2 is 2.12 bits per heavy atom. The van der Waals surface area contributed by atoms with Crippen LogP contribution in [0.2, 0.25) is 0 Å². The number of piperazine rings is 1. The van der Waals surface area contributed by atoms with E-state index in [1.165, 1.54) is 12.1 Å². The number of aliphatic imine (C=N–C) groups is 1. The van der Waals surface area contributed by atoms with Crippen LogP contribution in [-0.2, 0) is 16.0 Å². The highest BCUT2D eigenvalue weighted by molar-refractivity contribution is 8.14. The summed E-state index contributed by atoms with van der Waals surface area (Å²) >= 11 is 1.75. The van der Waals surface area contributed by atoms with Crippen LogP contribution in [0.15, 0.2) is 23.2 Å². The van der Waals surface area contributed by atoms with Gasteiger partial charge in [0.15, 0.2) is 0 Å². The first-order chi connectivity index (χ1) is 16.3. The number of hydrogen-bond donors (Lipinski definition) is 4. The summed E-state index contributed by atoms with van der Waals surface area (Å²) in [5.41, 5.74) is 0.336. The van der Waals surface area contributed by atoms with Crippen molar-refractivity contribution in [3.63, 3.8) is 0 Å². The van der Waals surface area contributed by atoms with Crippen molar-refractivity contribution < 1.29 is 23.5 Å². The van der Waals surface area contributed by atoms with Gasteiger partial charge in [0.2, 0.25) is 11.8 Å². The smallest absolute Gasteiger partial charge is 0.225 e. The Morgan fingerprint density at radius 3 is 2.76 bits per heavy atom. The molecule has 2 unspecified atom stereocenters.